The molecule has 0 aromatic heterocycles. The van der Waals surface area contributed by atoms with Crippen LogP contribution < -0.4 is 5.32 Å². The minimum Gasteiger partial charge on any atom is -0.392 e. The van der Waals surface area contributed by atoms with E-state index in [1.807, 2.05) is 0 Å². The molecule has 0 heterocycles. The first-order valence-corrected chi connectivity index (χ1v) is 5.21. The molecule has 0 aliphatic rings. The van der Waals surface area contributed by atoms with Gasteiger partial charge in [0.05, 0.1) is 13.2 Å². The van der Waals surface area contributed by atoms with E-state index >= 15 is 0 Å². The third-order valence-corrected chi connectivity index (χ3v) is 2.32. The first-order chi connectivity index (χ1) is 8.22. The number of aliphatic hydroxyl groups is 1. The van der Waals surface area contributed by atoms with Crippen LogP contribution in [-0.2, 0) is 22.7 Å². The lowest BCUT2D eigenvalue weighted by atomic mass is 10.0. The highest BCUT2D eigenvalue weighted by Crippen LogP contribution is 2.13. The molecule has 94 valence electrons. The summed E-state index contributed by atoms with van der Waals surface area (Å²) in [6, 6.07) is 5.09. The molecule has 5 nitrogen and oxygen atoms in total. The number of benzene rings is 1. The fraction of sp³-hybridized carbons (Fsp3) is 0.417. The molecule has 1 aromatic rings. The van der Waals surface area contributed by atoms with Crippen molar-refractivity contribution in [3.8, 4) is 0 Å². The molecule has 5 heteroatoms. The second-order valence-corrected chi connectivity index (χ2v) is 3.51. The zero-order valence-electron chi connectivity index (χ0n) is 10.0. The lowest BCUT2D eigenvalue weighted by molar-refractivity contribution is 0.0872. The Bertz CT molecular complexity index is 379. The molecule has 0 atom stereocenters. The van der Waals surface area contributed by atoms with E-state index in [0.717, 1.165) is 11.1 Å². The van der Waals surface area contributed by atoms with E-state index < -0.39 is 0 Å². The number of carbonyl (C=O) groups is 1. The number of hydrogen-bond donors (Lipinski definition) is 2. The summed E-state index contributed by atoms with van der Waals surface area (Å²) < 4.78 is 9.78. The van der Waals surface area contributed by atoms with E-state index in [-0.39, 0.29) is 19.2 Å². The quantitative estimate of drug-likeness (QED) is 0.716. The maximum Gasteiger partial charge on any atom is 0.253 e. The van der Waals surface area contributed by atoms with Crippen LogP contribution in [-0.4, -0.2) is 32.0 Å². The van der Waals surface area contributed by atoms with E-state index in [4.69, 9.17) is 14.6 Å². The van der Waals surface area contributed by atoms with Crippen molar-refractivity contribution in [2.24, 2.45) is 0 Å². The molecule has 0 bridgehead atoms. The summed E-state index contributed by atoms with van der Waals surface area (Å²) in [5.74, 6) is -0.214. The maximum atomic E-state index is 11.7. The van der Waals surface area contributed by atoms with Gasteiger partial charge in [-0.05, 0) is 23.3 Å². The van der Waals surface area contributed by atoms with Crippen molar-refractivity contribution in [1.82, 2.24) is 5.32 Å². The zero-order valence-corrected chi connectivity index (χ0v) is 10.0. The van der Waals surface area contributed by atoms with Crippen LogP contribution in [0.3, 0.4) is 0 Å². The minimum atomic E-state index is -0.214. The Labute approximate surface area is 100 Å². The zero-order chi connectivity index (χ0) is 12.7. The van der Waals surface area contributed by atoms with Crippen LogP contribution in [0.4, 0.5) is 0 Å². The topological polar surface area (TPSA) is 67.8 Å². The Morgan fingerprint density at radius 2 is 2.06 bits per heavy atom. The smallest absolute Gasteiger partial charge is 0.253 e. The Morgan fingerprint density at radius 3 is 2.65 bits per heavy atom. The van der Waals surface area contributed by atoms with E-state index in [0.29, 0.717) is 12.2 Å². The molecule has 17 heavy (non-hydrogen) atoms. The highest BCUT2D eigenvalue weighted by atomic mass is 16.5. The monoisotopic (exact) mass is 239 g/mol. The van der Waals surface area contributed by atoms with Gasteiger partial charge in [-0.1, -0.05) is 6.07 Å². The Balaban J connectivity index is 2.87. The molecule has 0 fully saturated rings. The number of amides is 1. The molecule has 0 unspecified atom stereocenters. The van der Waals surface area contributed by atoms with E-state index in [1.54, 1.807) is 25.3 Å². The highest BCUT2D eigenvalue weighted by molar-refractivity contribution is 5.94. The van der Waals surface area contributed by atoms with Crippen LogP contribution >= 0.6 is 0 Å². The number of ether oxygens (including phenoxy) is 2. The predicted octanol–water partition coefficient (Wildman–Crippen LogP) is 0.659. The number of rotatable bonds is 6. The van der Waals surface area contributed by atoms with Crippen molar-refractivity contribution in [2.75, 3.05) is 21.0 Å². The molecular weight excluding hydrogens is 222 g/mol. The Morgan fingerprint density at radius 1 is 1.29 bits per heavy atom. The van der Waals surface area contributed by atoms with Crippen molar-refractivity contribution in [3.05, 3.63) is 34.9 Å². The van der Waals surface area contributed by atoms with Crippen LogP contribution in [0.2, 0.25) is 0 Å². The van der Waals surface area contributed by atoms with E-state index in [1.165, 1.54) is 7.11 Å². The van der Waals surface area contributed by atoms with Crippen molar-refractivity contribution < 1.29 is 19.4 Å². The van der Waals surface area contributed by atoms with Gasteiger partial charge in [0.25, 0.3) is 5.91 Å². The van der Waals surface area contributed by atoms with E-state index in [9.17, 15) is 4.79 Å². The van der Waals surface area contributed by atoms with Gasteiger partial charge < -0.3 is 19.9 Å². The highest BCUT2D eigenvalue weighted by Gasteiger charge is 2.08. The van der Waals surface area contributed by atoms with Crippen LogP contribution in [0.15, 0.2) is 18.2 Å². The van der Waals surface area contributed by atoms with Crippen molar-refractivity contribution in [3.63, 3.8) is 0 Å². The number of methoxy groups -OCH3 is 2. The molecule has 1 amide bonds. The summed E-state index contributed by atoms with van der Waals surface area (Å²) in [7, 11) is 3.07. The average molecular weight is 239 g/mol. The minimum absolute atomic E-state index is 0.0708. The second-order valence-electron chi connectivity index (χ2n) is 3.51. The van der Waals surface area contributed by atoms with Gasteiger partial charge in [0.15, 0.2) is 0 Å². The van der Waals surface area contributed by atoms with Gasteiger partial charge >= 0.3 is 0 Å². The molecule has 0 aliphatic carbocycles. The van der Waals surface area contributed by atoms with Gasteiger partial charge in [-0.25, -0.2) is 0 Å². The lowest BCUT2D eigenvalue weighted by Crippen LogP contribution is -2.25. The summed E-state index contributed by atoms with van der Waals surface area (Å²) in [5.41, 5.74) is 2.08. The second kappa shape index (κ2) is 7.01. The van der Waals surface area contributed by atoms with Gasteiger partial charge in [-0.2, -0.15) is 0 Å². The van der Waals surface area contributed by atoms with Crippen LogP contribution in [0, 0.1) is 0 Å². The maximum absolute atomic E-state index is 11.7. The lowest BCUT2D eigenvalue weighted by Gasteiger charge is -2.09. The van der Waals surface area contributed by atoms with Crippen molar-refractivity contribution in [1.29, 1.82) is 0 Å². The Hall–Kier alpha value is -1.43. The third kappa shape index (κ3) is 3.81. The molecule has 1 rings (SSSR count). The van der Waals surface area contributed by atoms with E-state index in [2.05, 4.69) is 5.32 Å². The fourth-order valence-electron chi connectivity index (χ4n) is 1.45. The van der Waals surface area contributed by atoms with Crippen LogP contribution in [0.5, 0.6) is 0 Å². The summed E-state index contributed by atoms with van der Waals surface area (Å²) in [6.07, 6.45) is 0. The standard InChI is InChI=1S/C12H17NO4/c1-16-7-11-5-9(3-4-10(11)6-14)12(15)13-8-17-2/h3-5,14H,6-8H2,1-2H3,(H,13,15). The van der Waals surface area contributed by atoms with Gasteiger partial charge in [-0.15, -0.1) is 0 Å². The van der Waals surface area contributed by atoms with Gasteiger partial charge in [0, 0.05) is 19.8 Å². The number of hydrogen-bond acceptors (Lipinski definition) is 4. The number of aliphatic hydroxyl groups excluding tert-OH is 1. The van der Waals surface area contributed by atoms with Crippen LogP contribution in [0.1, 0.15) is 21.5 Å². The van der Waals surface area contributed by atoms with Gasteiger partial charge in [-0.3, -0.25) is 4.79 Å². The molecule has 0 aliphatic heterocycles. The third-order valence-electron chi connectivity index (χ3n) is 2.32. The molecule has 0 saturated heterocycles. The molecule has 0 saturated carbocycles. The Kier molecular flexibility index (Phi) is 5.62. The van der Waals surface area contributed by atoms with Gasteiger partial charge in [0.1, 0.15) is 6.73 Å². The van der Waals surface area contributed by atoms with Crippen molar-refractivity contribution in [2.45, 2.75) is 13.2 Å². The average Bonchev–Trinajstić information content (AvgIpc) is 2.36. The molecule has 1 aromatic carbocycles. The number of carbonyl (C=O) groups excluding carboxylic acids is 1. The molecule has 0 spiro atoms. The normalized spacial score (nSPS) is 10.3. The molecule has 2 N–H and O–H groups in total. The first-order valence-electron chi connectivity index (χ1n) is 5.21. The summed E-state index contributed by atoms with van der Waals surface area (Å²) in [5, 5.41) is 11.7. The van der Waals surface area contributed by atoms with Crippen LogP contribution in [0.25, 0.3) is 0 Å². The number of nitrogens with one attached hydrogen (secondary N) is 1. The predicted molar refractivity (Wildman–Crippen MR) is 62.4 cm³/mol. The molecule has 0 radical (unpaired) electrons. The molecular formula is C12H17NO4. The first kappa shape index (κ1) is 13.6. The summed E-state index contributed by atoms with van der Waals surface area (Å²) >= 11 is 0. The SMILES string of the molecule is COCNC(=O)c1ccc(CO)c(COC)c1. The summed E-state index contributed by atoms with van der Waals surface area (Å²) in [6.45, 7) is 0.458. The largest absolute Gasteiger partial charge is 0.392 e. The van der Waals surface area contributed by atoms with Crippen molar-refractivity contribution >= 4 is 5.91 Å². The summed E-state index contributed by atoms with van der Waals surface area (Å²) in [4.78, 5) is 11.7. The fourth-order valence-corrected chi connectivity index (χ4v) is 1.45. The van der Waals surface area contributed by atoms with Gasteiger partial charge in [0.2, 0.25) is 0 Å².